The Morgan fingerprint density at radius 2 is 1.92 bits per heavy atom. The maximum absolute atomic E-state index is 10.2. The summed E-state index contributed by atoms with van der Waals surface area (Å²) < 4.78 is 7.13. The number of anilines is 1. The van der Waals surface area contributed by atoms with E-state index in [-0.39, 0.29) is 6.61 Å². The van der Waals surface area contributed by atoms with Gasteiger partial charge in [0.05, 0.1) is 19.6 Å². The topological polar surface area (TPSA) is 129 Å². The lowest BCUT2D eigenvalue weighted by Gasteiger charge is -2.26. The minimum Gasteiger partial charge on any atom is -0.394 e. The van der Waals surface area contributed by atoms with Gasteiger partial charge in [0.1, 0.15) is 24.6 Å². The average molecular weight is 364 g/mol. The Labute approximate surface area is 150 Å². The molecule has 10 heteroatoms. The summed E-state index contributed by atoms with van der Waals surface area (Å²) in [5.74, 6) is 0.617. The normalized spacial score (nSPS) is 30.1. The molecule has 2 aliphatic rings. The molecule has 0 spiro atoms. The molecule has 0 amide bonds. The number of hydrogen-bond donors (Lipinski definition) is 4. The second-order valence-electron chi connectivity index (χ2n) is 6.79. The number of ether oxygens (including phenoxy) is 1. The number of imidazole rings is 1. The average Bonchev–Trinajstić information content (AvgIpc) is 3.23. The van der Waals surface area contributed by atoms with Gasteiger partial charge in [0.15, 0.2) is 23.2 Å². The Kier molecular flexibility index (Phi) is 5.00. The van der Waals surface area contributed by atoms with Crippen LogP contribution in [0.4, 0.5) is 5.82 Å². The fourth-order valence-corrected chi connectivity index (χ4v) is 3.58. The van der Waals surface area contributed by atoms with Gasteiger partial charge in [0.2, 0.25) is 0 Å². The Balaban J connectivity index is 1.55. The van der Waals surface area contributed by atoms with Crippen molar-refractivity contribution in [2.45, 2.75) is 43.8 Å². The number of nitrogens with one attached hydrogen (secondary N) is 1. The van der Waals surface area contributed by atoms with Crippen molar-refractivity contribution in [2.75, 3.05) is 31.7 Å². The zero-order chi connectivity index (χ0) is 18.1. The molecule has 2 aromatic heterocycles. The summed E-state index contributed by atoms with van der Waals surface area (Å²) in [6.45, 7) is 2.45. The van der Waals surface area contributed by atoms with E-state index in [1.165, 1.54) is 31.9 Å². The first-order valence-electron chi connectivity index (χ1n) is 8.95. The van der Waals surface area contributed by atoms with Gasteiger partial charge in [-0.15, -0.1) is 0 Å². The van der Waals surface area contributed by atoms with Gasteiger partial charge in [0, 0.05) is 0 Å². The van der Waals surface area contributed by atoms with Crippen LogP contribution in [0.3, 0.4) is 0 Å². The van der Waals surface area contributed by atoms with Crippen molar-refractivity contribution < 1.29 is 20.1 Å². The summed E-state index contributed by atoms with van der Waals surface area (Å²) in [7, 11) is 0. The van der Waals surface area contributed by atoms with Crippen molar-refractivity contribution in [2.24, 2.45) is 0 Å². The van der Waals surface area contributed by atoms with Crippen LogP contribution in [0.2, 0.25) is 0 Å². The standard InChI is InChI=1S/C16H24N6O4/c23-6-10-12(24)13(25)16(26-10)22-9-19-11-14(17-7-18-15(11)22)20-8-21-4-2-1-3-5-21/h7,9-10,12-13,16,23-25H,1-6,8H2,(H,17,18,20)/t10-,12-,13-,16-/m1/s1. The molecule has 0 aliphatic carbocycles. The van der Waals surface area contributed by atoms with E-state index in [2.05, 4.69) is 25.2 Å². The van der Waals surface area contributed by atoms with Crippen LogP contribution in [0, 0.1) is 0 Å². The number of likely N-dealkylation sites (tertiary alicyclic amines) is 1. The van der Waals surface area contributed by atoms with Crippen LogP contribution in [0.15, 0.2) is 12.7 Å². The number of aliphatic hydroxyl groups is 3. The highest BCUT2D eigenvalue weighted by molar-refractivity contribution is 5.82. The molecular weight excluding hydrogens is 340 g/mol. The highest BCUT2D eigenvalue weighted by Gasteiger charge is 2.44. The molecule has 2 saturated heterocycles. The lowest BCUT2D eigenvalue weighted by Crippen LogP contribution is -2.34. The molecule has 4 heterocycles. The van der Waals surface area contributed by atoms with E-state index >= 15 is 0 Å². The molecular formula is C16H24N6O4. The van der Waals surface area contributed by atoms with Crippen molar-refractivity contribution in [1.82, 2.24) is 24.4 Å². The predicted octanol–water partition coefficient (Wildman–Crippen LogP) is -0.707. The third-order valence-corrected chi connectivity index (χ3v) is 5.07. The van der Waals surface area contributed by atoms with Gasteiger partial charge in [-0.2, -0.15) is 0 Å². The third-order valence-electron chi connectivity index (χ3n) is 5.07. The molecule has 4 rings (SSSR count). The van der Waals surface area contributed by atoms with Crippen molar-refractivity contribution in [3.63, 3.8) is 0 Å². The first kappa shape index (κ1) is 17.6. The van der Waals surface area contributed by atoms with Gasteiger partial charge in [-0.1, -0.05) is 6.42 Å². The molecule has 2 aromatic rings. The molecule has 2 fully saturated rings. The largest absolute Gasteiger partial charge is 0.394 e. The van der Waals surface area contributed by atoms with E-state index in [1.807, 2.05) is 0 Å². The second kappa shape index (κ2) is 7.41. The quantitative estimate of drug-likeness (QED) is 0.544. The predicted molar refractivity (Wildman–Crippen MR) is 92.2 cm³/mol. The van der Waals surface area contributed by atoms with Crippen molar-refractivity contribution in [1.29, 1.82) is 0 Å². The molecule has 0 radical (unpaired) electrons. The number of aliphatic hydroxyl groups excluding tert-OH is 3. The Morgan fingerprint density at radius 1 is 1.12 bits per heavy atom. The van der Waals surface area contributed by atoms with E-state index in [0.717, 1.165) is 13.1 Å². The van der Waals surface area contributed by atoms with Crippen LogP contribution in [0.5, 0.6) is 0 Å². The van der Waals surface area contributed by atoms with Crippen LogP contribution in [-0.2, 0) is 4.74 Å². The molecule has 0 aromatic carbocycles. The first-order chi connectivity index (χ1) is 12.7. The fourth-order valence-electron chi connectivity index (χ4n) is 3.58. The van der Waals surface area contributed by atoms with Crippen LogP contribution in [0.1, 0.15) is 25.5 Å². The maximum Gasteiger partial charge on any atom is 0.167 e. The number of nitrogens with zero attached hydrogens (tertiary/aromatic N) is 5. The summed E-state index contributed by atoms with van der Waals surface area (Å²) in [5.41, 5.74) is 1.07. The van der Waals surface area contributed by atoms with Crippen LogP contribution >= 0.6 is 0 Å². The van der Waals surface area contributed by atoms with Gasteiger partial charge in [-0.25, -0.2) is 15.0 Å². The van der Waals surface area contributed by atoms with Gasteiger partial charge >= 0.3 is 0 Å². The number of hydrogen-bond acceptors (Lipinski definition) is 9. The number of fused-ring (bicyclic) bond motifs is 1. The molecule has 0 unspecified atom stereocenters. The van der Waals surface area contributed by atoms with Gasteiger partial charge in [-0.3, -0.25) is 9.47 Å². The van der Waals surface area contributed by atoms with Gasteiger partial charge < -0.3 is 25.4 Å². The zero-order valence-electron chi connectivity index (χ0n) is 14.4. The maximum atomic E-state index is 10.2. The lowest BCUT2D eigenvalue weighted by molar-refractivity contribution is -0.0511. The van der Waals surface area contributed by atoms with Crippen LogP contribution < -0.4 is 5.32 Å². The monoisotopic (exact) mass is 364 g/mol. The summed E-state index contributed by atoms with van der Waals surface area (Å²) >= 11 is 0. The molecule has 142 valence electrons. The molecule has 26 heavy (non-hydrogen) atoms. The minimum atomic E-state index is -1.18. The van der Waals surface area contributed by atoms with E-state index < -0.39 is 24.5 Å². The third kappa shape index (κ3) is 3.14. The second-order valence-corrected chi connectivity index (χ2v) is 6.79. The zero-order valence-corrected chi connectivity index (χ0v) is 14.4. The van der Waals surface area contributed by atoms with Crippen LogP contribution in [-0.4, -0.2) is 84.4 Å². The van der Waals surface area contributed by atoms with Crippen molar-refractivity contribution in [3.05, 3.63) is 12.7 Å². The first-order valence-corrected chi connectivity index (χ1v) is 8.95. The van der Waals surface area contributed by atoms with Crippen molar-refractivity contribution >= 4 is 17.0 Å². The minimum absolute atomic E-state index is 0.376. The number of aromatic nitrogens is 4. The molecule has 0 bridgehead atoms. The summed E-state index contributed by atoms with van der Waals surface area (Å²) in [6.07, 6.45) is 2.59. The summed E-state index contributed by atoms with van der Waals surface area (Å²) in [5, 5.41) is 32.8. The Bertz CT molecular complexity index is 749. The molecule has 0 saturated carbocycles. The highest BCUT2D eigenvalue weighted by atomic mass is 16.6. The number of rotatable bonds is 5. The Morgan fingerprint density at radius 3 is 2.65 bits per heavy atom. The number of piperidine rings is 1. The summed E-state index contributed by atoms with van der Waals surface area (Å²) in [4.78, 5) is 15.2. The SMILES string of the molecule is OC[C@H]1O[C@@H](n2cnc3c(NCN4CCCCC4)ncnc32)[C@H](O)[C@@H]1O. The smallest absolute Gasteiger partial charge is 0.167 e. The highest BCUT2D eigenvalue weighted by Crippen LogP contribution is 2.32. The fraction of sp³-hybridized carbons (Fsp3) is 0.688. The van der Waals surface area contributed by atoms with Gasteiger partial charge in [0.25, 0.3) is 0 Å². The van der Waals surface area contributed by atoms with E-state index in [0.29, 0.717) is 23.7 Å². The van der Waals surface area contributed by atoms with Gasteiger partial charge in [-0.05, 0) is 25.9 Å². The van der Waals surface area contributed by atoms with E-state index in [9.17, 15) is 15.3 Å². The van der Waals surface area contributed by atoms with Crippen molar-refractivity contribution in [3.8, 4) is 0 Å². The molecule has 4 N–H and O–H groups in total. The van der Waals surface area contributed by atoms with E-state index in [1.54, 1.807) is 4.57 Å². The summed E-state index contributed by atoms with van der Waals surface area (Å²) in [6, 6.07) is 0. The molecule has 4 atom stereocenters. The Hall–Kier alpha value is -1.85. The lowest BCUT2D eigenvalue weighted by atomic mass is 10.1. The molecule has 2 aliphatic heterocycles. The van der Waals surface area contributed by atoms with E-state index in [4.69, 9.17) is 4.74 Å². The van der Waals surface area contributed by atoms with Crippen LogP contribution in [0.25, 0.3) is 11.2 Å². The molecule has 10 nitrogen and oxygen atoms in total.